The molecule has 0 fully saturated rings. The van der Waals surface area contributed by atoms with Crippen LogP contribution in [0.5, 0.6) is 11.8 Å². The Bertz CT molecular complexity index is 969. The fourth-order valence-electron chi connectivity index (χ4n) is 2.41. The van der Waals surface area contributed by atoms with Crippen LogP contribution in [-0.2, 0) is 0 Å². The van der Waals surface area contributed by atoms with E-state index in [9.17, 15) is 0 Å². The van der Waals surface area contributed by atoms with E-state index in [4.69, 9.17) is 26.8 Å². The number of ether oxygens (including phenoxy) is 2. The number of anilines is 1. The van der Waals surface area contributed by atoms with E-state index in [0.717, 1.165) is 11.3 Å². The number of nitrogen functional groups attached to an aromatic ring is 1. The highest BCUT2D eigenvalue weighted by Gasteiger charge is 2.14. The number of aromatic nitrogens is 3. The van der Waals surface area contributed by atoms with Crippen LogP contribution in [0.4, 0.5) is 5.69 Å². The van der Waals surface area contributed by atoms with E-state index in [1.165, 1.54) is 7.11 Å². The minimum atomic E-state index is 0.0892. The van der Waals surface area contributed by atoms with Crippen LogP contribution in [0.25, 0.3) is 22.8 Å². The highest BCUT2D eigenvalue weighted by atomic mass is 35.5. The molecule has 1 aromatic heterocycles. The van der Waals surface area contributed by atoms with Gasteiger partial charge in [-0.1, -0.05) is 32.4 Å². The third-order valence-electron chi connectivity index (χ3n) is 3.81. The Labute approximate surface area is 169 Å². The molecule has 0 spiro atoms. The molecule has 3 aromatic rings. The summed E-state index contributed by atoms with van der Waals surface area (Å²) in [5.74, 6) is 1.66. The van der Waals surface area contributed by atoms with Gasteiger partial charge in [-0.2, -0.15) is 9.97 Å². The summed E-state index contributed by atoms with van der Waals surface area (Å²) in [5.41, 5.74) is 7.97. The molecule has 0 saturated carbocycles. The summed E-state index contributed by atoms with van der Waals surface area (Å²) < 4.78 is 11.1. The van der Waals surface area contributed by atoms with E-state index < -0.39 is 0 Å². The molecule has 3 rings (SSSR count). The van der Waals surface area contributed by atoms with Gasteiger partial charge in [0.1, 0.15) is 5.75 Å². The van der Waals surface area contributed by atoms with Crippen LogP contribution < -0.4 is 15.2 Å². The van der Waals surface area contributed by atoms with Gasteiger partial charge < -0.3 is 15.2 Å². The van der Waals surface area contributed by atoms with E-state index in [2.05, 4.69) is 35.7 Å². The van der Waals surface area contributed by atoms with Gasteiger partial charge in [0.15, 0.2) is 11.6 Å². The van der Waals surface area contributed by atoms with Crippen LogP contribution in [0, 0.1) is 5.41 Å². The Hall–Kier alpha value is -2.86. The van der Waals surface area contributed by atoms with Crippen LogP contribution in [0.15, 0.2) is 42.5 Å². The Morgan fingerprint density at radius 1 is 0.964 bits per heavy atom. The van der Waals surface area contributed by atoms with Crippen LogP contribution in [0.1, 0.15) is 20.8 Å². The second-order valence-electron chi connectivity index (χ2n) is 7.58. The Kier molecular flexibility index (Phi) is 5.70. The molecular formula is C21H23ClN4O2. The zero-order valence-electron chi connectivity index (χ0n) is 16.4. The first-order chi connectivity index (χ1) is 13.2. The first-order valence-corrected chi connectivity index (χ1v) is 9.22. The third kappa shape index (κ3) is 4.89. The van der Waals surface area contributed by atoms with Gasteiger partial charge in [0.05, 0.1) is 18.7 Å². The fourth-order valence-corrected chi connectivity index (χ4v) is 2.61. The average molecular weight is 399 g/mol. The minimum Gasteiger partial charge on any atom is -0.493 e. The minimum absolute atomic E-state index is 0.0892. The van der Waals surface area contributed by atoms with Crippen LogP contribution in [0.2, 0.25) is 5.02 Å². The largest absolute Gasteiger partial charge is 0.493 e. The van der Waals surface area contributed by atoms with E-state index in [0.29, 0.717) is 34.5 Å². The molecule has 2 aromatic carbocycles. The van der Waals surface area contributed by atoms with Gasteiger partial charge in [-0.25, -0.2) is 4.98 Å². The SMILES string of the molecule is COc1nc(-c2ccc(OCC(C)(C)C)cc2)nc(-c2cc(N)ccc2Cl)n1. The lowest BCUT2D eigenvalue weighted by Crippen LogP contribution is -2.16. The highest BCUT2D eigenvalue weighted by molar-refractivity contribution is 6.33. The van der Waals surface area contributed by atoms with Crippen molar-refractivity contribution in [3.63, 3.8) is 0 Å². The van der Waals surface area contributed by atoms with Crippen molar-refractivity contribution in [2.24, 2.45) is 5.41 Å². The maximum absolute atomic E-state index is 6.30. The van der Waals surface area contributed by atoms with Gasteiger partial charge in [0, 0.05) is 16.8 Å². The number of nitrogens with two attached hydrogens (primary N) is 1. The average Bonchev–Trinajstić information content (AvgIpc) is 2.67. The molecule has 0 radical (unpaired) electrons. The lowest BCUT2D eigenvalue weighted by molar-refractivity contribution is 0.198. The zero-order valence-corrected chi connectivity index (χ0v) is 17.1. The second kappa shape index (κ2) is 8.02. The second-order valence-corrected chi connectivity index (χ2v) is 7.99. The first-order valence-electron chi connectivity index (χ1n) is 8.84. The molecule has 0 aliphatic heterocycles. The van der Waals surface area contributed by atoms with Gasteiger partial charge in [-0.15, -0.1) is 0 Å². The Balaban J connectivity index is 1.95. The van der Waals surface area contributed by atoms with Crippen molar-refractivity contribution in [2.75, 3.05) is 19.5 Å². The standard InChI is InChI=1S/C21H23ClN4O2/c1-21(2,3)12-28-15-8-5-13(6-9-15)18-24-19(26-20(25-18)27-4)16-11-14(23)7-10-17(16)22/h5-11H,12,23H2,1-4H3. The predicted molar refractivity (Wildman–Crippen MR) is 112 cm³/mol. The normalized spacial score (nSPS) is 11.3. The molecule has 1 heterocycles. The molecule has 0 aliphatic carbocycles. The van der Waals surface area contributed by atoms with Gasteiger partial charge >= 0.3 is 6.01 Å². The maximum Gasteiger partial charge on any atom is 0.320 e. The van der Waals surface area contributed by atoms with Gasteiger partial charge in [0.2, 0.25) is 0 Å². The molecule has 0 aliphatic rings. The summed E-state index contributed by atoms with van der Waals surface area (Å²) in [6.07, 6.45) is 0. The topological polar surface area (TPSA) is 83.2 Å². The van der Waals surface area contributed by atoms with E-state index in [1.54, 1.807) is 18.2 Å². The van der Waals surface area contributed by atoms with E-state index in [-0.39, 0.29) is 11.4 Å². The number of nitrogens with zero attached hydrogens (tertiary/aromatic N) is 3. The van der Waals surface area contributed by atoms with Gasteiger partial charge in [0.25, 0.3) is 0 Å². The summed E-state index contributed by atoms with van der Waals surface area (Å²) in [6.45, 7) is 7.01. The Morgan fingerprint density at radius 2 is 1.64 bits per heavy atom. The van der Waals surface area contributed by atoms with Crippen LogP contribution in [-0.4, -0.2) is 28.7 Å². The summed E-state index contributed by atoms with van der Waals surface area (Å²) in [4.78, 5) is 13.2. The number of rotatable bonds is 5. The van der Waals surface area contributed by atoms with Crippen LogP contribution >= 0.6 is 11.6 Å². The molecule has 0 saturated heterocycles. The van der Waals surface area contributed by atoms with Crippen molar-refractivity contribution < 1.29 is 9.47 Å². The quantitative estimate of drug-likeness (QED) is 0.617. The molecule has 0 atom stereocenters. The van der Waals surface area contributed by atoms with Crippen molar-refractivity contribution in [2.45, 2.75) is 20.8 Å². The monoisotopic (exact) mass is 398 g/mol. The highest BCUT2D eigenvalue weighted by Crippen LogP contribution is 2.30. The summed E-state index contributed by atoms with van der Waals surface area (Å²) in [6, 6.07) is 12.9. The van der Waals surface area contributed by atoms with Gasteiger partial charge in [-0.3, -0.25) is 0 Å². The molecule has 6 nitrogen and oxygen atoms in total. The summed E-state index contributed by atoms with van der Waals surface area (Å²) >= 11 is 6.30. The molecule has 0 amide bonds. The lowest BCUT2D eigenvalue weighted by Gasteiger charge is -2.18. The maximum atomic E-state index is 6.30. The molecule has 7 heteroatoms. The first kappa shape index (κ1) is 19.9. The summed E-state index contributed by atoms with van der Waals surface area (Å²) in [5, 5.41) is 0.499. The molecule has 0 unspecified atom stereocenters. The van der Waals surface area contributed by atoms with Crippen molar-refractivity contribution in [1.29, 1.82) is 0 Å². The van der Waals surface area contributed by atoms with Crippen molar-refractivity contribution in [3.05, 3.63) is 47.5 Å². The number of hydrogen-bond acceptors (Lipinski definition) is 6. The number of halogens is 1. The zero-order chi connectivity index (χ0) is 20.3. The molecule has 28 heavy (non-hydrogen) atoms. The number of benzene rings is 2. The molecule has 146 valence electrons. The fraction of sp³-hybridized carbons (Fsp3) is 0.286. The molecular weight excluding hydrogens is 376 g/mol. The number of methoxy groups -OCH3 is 1. The lowest BCUT2D eigenvalue weighted by atomic mass is 9.99. The van der Waals surface area contributed by atoms with Crippen LogP contribution in [0.3, 0.4) is 0 Å². The van der Waals surface area contributed by atoms with Crippen molar-refractivity contribution in [1.82, 2.24) is 15.0 Å². The molecule has 0 bridgehead atoms. The van der Waals surface area contributed by atoms with E-state index in [1.807, 2.05) is 24.3 Å². The predicted octanol–water partition coefficient (Wildman–Crippen LogP) is 4.87. The van der Waals surface area contributed by atoms with Gasteiger partial charge in [-0.05, 0) is 47.9 Å². The Morgan fingerprint density at radius 3 is 2.29 bits per heavy atom. The third-order valence-corrected chi connectivity index (χ3v) is 4.14. The smallest absolute Gasteiger partial charge is 0.320 e. The molecule has 2 N–H and O–H groups in total. The van der Waals surface area contributed by atoms with Crippen molar-refractivity contribution in [3.8, 4) is 34.5 Å². The van der Waals surface area contributed by atoms with Crippen molar-refractivity contribution >= 4 is 17.3 Å². The van der Waals surface area contributed by atoms with E-state index >= 15 is 0 Å². The number of hydrogen-bond donors (Lipinski definition) is 1. The summed E-state index contributed by atoms with van der Waals surface area (Å²) in [7, 11) is 1.51.